The summed E-state index contributed by atoms with van der Waals surface area (Å²) in [6, 6.07) is 2.06. The van der Waals surface area contributed by atoms with E-state index in [0.29, 0.717) is 0 Å². The number of fused-ring (bicyclic) bond motifs is 1. The number of aryl methyl sites for hydroxylation is 2. The summed E-state index contributed by atoms with van der Waals surface area (Å²) in [5, 5.41) is 0. The smallest absolute Gasteiger partial charge is 0.255 e. The van der Waals surface area contributed by atoms with Crippen molar-refractivity contribution >= 4 is 6.08 Å². The van der Waals surface area contributed by atoms with Crippen LogP contribution in [-0.2, 0) is 6.42 Å². The fraction of sp³-hybridized carbons (Fsp3) is 0.300. The number of nitrogens with one attached hydrogen (secondary N) is 1. The minimum Gasteiger partial charge on any atom is -0.326 e. The van der Waals surface area contributed by atoms with Gasteiger partial charge in [0.15, 0.2) is 0 Å². The lowest BCUT2D eigenvalue weighted by atomic mass is 9.99. The zero-order chi connectivity index (χ0) is 8.55. The molecule has 0 saturated carbocycles. The van der Waals surface area contributed by atoms with E-state index in [1.807, 2.05) is 19.1 Å². The Morgan fingerprint density at radius 2 is 2.33 bits per heavy atom. The topological polar surface area (TPSA) is 32.9 Å². The van der Waals surface area contributed by atoms with Crippen LogP contribution in [0.2, 0.25) is 0 Å². The molecule has 0 aliphatic heterocycles. The van der Waals surface area contributed by atoms with Crippen molar-refractivity contribution < 1.29 is 0 Å². The number of hydrogen-bond donors (Lipinski definition) is 1. The van der Waals surface area contributed by atoms with Crippen molar-refractivity contribution in [2.45, 2.75) is 19.8 Å². The largest absolute Gasteiger partial charge is 0.326 e. The molecule has 0 spiro atoms. The predicted octanol–water partition coefficient (Wildman–Crippen LogP) is 1.64. The van der Waals surface area contributed by atoms with Gasteiger partial charge >= 0.3 is 0 Å². The molecule has 12 heavy (non-hydrogen) atoms. The molecule has 0 atom stereocenters. The maximum Gasteiger partial charge on any atom is 0.255 e. The summed E-state index contributed by atoms with van der Waals surface area (Å²) in [7, 11) is 0. The molecule has 1 aromatic heterocycles. The van der Waals surface area contributed by atoms with Crippen LogP contribution in [0.1, 0.15) is 23.2 Å². The van der Waals surface area contributed by atoms with Crippen molar-refractivity contribution in [3.63, 3.8) is 0 Å². The van der Waals surface area contributed by atoms with Crippen molar-refractivity contribution in [1.82, 2.24) is 4.98 Å². The van der Waals surface area contributed by atoms with Crippen LogP contribution in [0.5, 0.6) is 0 Å². The predicted molar refractivity (Wildman–Crippen MR) is 49.2 cm³/mol. The van der Waals surface area contributed by atoms with Gasteiger partial charge in [0.05, 0.1) is 0 Å². The number of hydrogen-bond acceptors (Lipinski definition) is 1. The van der Waals surface area contributed by atoms with Crippen molar-refractivity contribution in [2.24, 2.45) is 0 Å². The van der Waals surface area contributed by atoms with E-state index >= 15 is 0 Å². The van der Waals surface area contributed by atoms with Gasteiger partial charge in [0.2, 0.25) is 0 Å². The Bertz CT molecular complexity index is 387. The molecule has 2 heteroatoms. The Hall–Kier alpha value is -1.31. The fourth-order valence-corrected chi connectivity index (χ4v) is 1.60. The average molecular weight is 161 g/mol. The van der Waals surface area contributed by atoms with Crippen molar-refractivity contribution in [3.8, 4) is 0 Å². The standard InChI is InChI=1S/C10H11NO/c1-7-6-8-4-2-3-5-9(8)10(12)11-7/h3,5-6H,2,4H2,1H3,(H,11,12). The molecule has 0 fully saturated rings. The Morgan fingerprint density at radius 3 is 3.17 bits per heavy atom. The molecule has 1 aromatic rings. The second-order valence-electron chi connectivity index (χ2n) is 3.16. The first kappa shape index (κ1) is 7.35. The first-order chi connectivity index (χ1) is 5.77. The van der Waals surface area contributed by atoms with Gasteiger partial charge in [0.1, 0.15) is 0 Å². The highest BCUT2D eigenvalue weighted by Gasteiger charge is 2.07. The van der Waals surface area contributed by atoms with Crippen LogP contribution in [-0.4, -0.2) is 4.98 Å². The summed E-state index contributed by atoms with van der Waals surface area (Å²) >= 11 is 0. The van der Waals surface area contributed by atoms with Gasteiger partial charge in [-0.2, -0.15) is 0 Å². The van der Waals surface area contributed by atoms with E-state index in [9.17, 15) is 4.79 Å². The van der Waals surface area contributed by atoms with Crippen LogP contribution in [0.25, 0.3) is 6.08 Å². The van der Waals surface area contributed by atoms with Crippen LogP contribution in [0.15, 0.2) is 16.9 Å². The van der Waals surface area contributed by atoms with E-state index in [0.717, 1.165) is 24.1 Å². The number of aromatic amines is 1. The van der Waals surface area contributed by atoms with Gasteiger partial charge in [-0.1, -0.05) is 12.2 Å². The molecule has 2 rings (SSSR count). The van der Waals surface area contributed by atoms with Gasteiger partial charge in [-0.3, -0.25) is 4.79 Å². The third-order valence-electron chi connectivity index (χ3n) is 2.16. The summed E-state index contributed by atoms with van der Waals surface area (Å²) < 4.78 is 0. The van der Waals surface area contributed by atoms with Crippen molar-refractivity contribution in [2.75, 3.05) is 0 Å². The SMILES string of the molecule is Cc1cc2c(c(=O)[nH]1)C=CCC2. The highest BCUT2D eigenvalue weighted by Crippen LogP contribution is 2.15. The molecule has 62 valence electrons. The summed E-state index contributed by atoms with van der Waals surface area (Å²) in [6.07, 6.45) is 6.01. The lowest BCUT2D eigenvalue weighted by Crippen LogP contribution is -2.15. The van der Waals surface area contributed by atoms with Gasteiger partial charge in [-0.25, -0.2) is 0 Å². The average Bonchev–Trinajstić information content (AvgIpc) is 2.04. The zero-order valence-corrected chi connectivity index (χ0v) is 7.05. The molecule has 0 saturated heterocycles. The molecule has 0 radical (unpaired) electrons. The number of pyridine rings is 1. The normalized spacial score (nSPS) is 14.4. The molecule has 0 aromatic carbocycles. The van der Waals surface area contributed by atoms with E-state index < -0.39 is 0 Å². The lowest BCUT2D eigenvalue weighted by molar-refractivity contribution is 0.956. The van der Waals surface area contributed by atoms with Crippen LogP contribution in [0.3, 0.4) is 0 Å². The number of allylic oxidation sites excluding steroid dienone is 1. The quantitative estimate of drug-likeness (QED) is 0.616. The van der Waals surface area contributed by atoms with E-state index in [4.69, 9.17) is 0 Å². The Balaban J connectivity index is 2.71. The summed E-state index contributed by atoms with van der Waals surface area (Å²) in [5.41, 5.74) is 3.01. The summed E-state index contributed by atoms with van der Waals surface area (Å²) in [4.78, 5) is 14.2. The second kappa shape index (κ2) is 2.63. The van der Waals surface area contributed by atoms with Crippen LogP contribution in [0, 0.1) is 6.92 Å². The minimum absolute atomic E-state index is 0.0425. The van der Waals surface area contributed by atoms with E-state index in [1.165, 1.54) is 5.56 Å². The third kappa shape index (κ3) is 1.09. The Kier molecular flexibility index (Phi) is 1.61. The van der Waals surface area contributed by atoms with Gasteiger partial charge in [-0.05, 0) is 31.4 Å². The fourth-order valence-electron chi connectivity index (χ4n) is 1.60. The second-order valence-corrected chi connectivity index (χ2v) is 3.16. The van der Waals surface area contributed by atoms with E-state index in [-0.39, 0.29) is 5.56 Å². The first-order valence-electron chi connectivity index (χ1n) is 4.17. The molecule has 0 bridgehead atoms. The van der Waals surface area contributed by atoms with E-state index in [1.54, 1.807) is 0 Å². The minimum atomic E-state index is 0.0425. The monoisotopic (exact) mass is 161 g/mol. The zero-order valence-electron chi connectivity index (χ0n) is 7.05. The molecule has 1 N–H and O–H groups in total. The van der Waals surface area contributed by atoms with Crippen LogP contribution < -0.4 is 5.56 Å². The van der Waals surface area contributed by atoms with Gasteiger partial charge in [0, 0.05) is 11.3 Å². The molecular formula is C10H11NO. The summed E-state index contributed by atoms with van der Waals surface area (Å²) in [6.45, 7) is 1.92. The lowest BCUT2D eigenvalue weighted by Gasteiger charge is -2.09. The molecule has 0 unspecified atom stereocenters. The number of rotatable bonds is 0. The number of aromatic nitrogens is 1. The molecule has 1 aliphatic carbocycles. The Morgan fingerprint density at radius 1 is 1.50 bits per heavy atom. The third-order valence-corrected chi connectivity index (χ3v) is 2.16. The molecular weight excluding hydrogens is 150 g/mol. The van der Waals surface area contributed by atoms with Crippen molar-refractivity contribution in [1.29, 1.82) is 0 Å². The molecule has 1 heterocycles. The molecule has 0 amide bonds. The first-order valence-corrected chi connectivity index (χ1v) is 4.17. The van der Waals surface area contributed by atoms with E-state index in [2.05, 4.69) is 11.1 Å². The highest BCUT2D eigenvalue weighted by molar-refractivity contribution is 5.55. The van der Waals surface area contributed by atoms with Gasteiger partial charge in [0.25, 0.3) is 5.56 Å². The Labute approximate surface area is 70.9 Å². The number of H-pyrrole nitrogens is 1. The molecule has 1 aliphatic rings. The highest BCUT2D eigenvalue weighted by atomic mass is 16.1. The van der Waals surface area contributed by atoms with Crippen LogP contribution in [0.4, 0.5) is 0 Å². The summed E-state index contributed by atoms with van der Waals surface area (Å²) in [5.74, 6) is 0. The van der Waals surface area contributed by atoms with Gasteiger partial charge in [-0.15, -0.1) is 0 Å². The maximum atomic E-state index is 11.4. The molecule has 2 nitrogen and oxygen atoms in total. The van der Waals surface area contributed by atoms with Crippen LogP contribution >= 0.6 is 0 Å². The maximum absolute atomic E-state index is 11.4. The van der Waals surface area contributed by atoms with Gasteiger partial charge < -0.3 is 4.98 Å². The van der Waals surface area contributed by atoms with Crippen molar-refractivity contribution in [3.05, 3.63) is 39.3 Å².